The fraction of sp³-hybridized carbons (Fsp3) is 0.611. The minimum atomic E-state index is -0.0535. The van der Waals surface area contributed by atoms with Crippen molar-refractivity contribution in [1.29, 1.82) is 0 Å². The van der Waals surface area contributed by atoms with Crippen molar-refractivity contribution < 1.29 is 4.79 Å². The second-order valence-corrected chi connectivity index (χ2v) is 6.70. The van der Waals surface area contributed by atoms with E-state index in [1.165, 1.54) is 32.1 Å². The minimum absolute atomic E-state index is 0.0535. The fourth-order valence-corrected chi connectivity index (χ4v) is 3.14. The van der Waals surface area contributed by atoms with Gasteiger partial charge in [0.25, 0.3) is 0 Å². The molecule has 1 aliphatic carbocycles. The molecule has 0 saturated heterocycles. The maximum absolute atomic E-state index is 12.0. The first-order valence-electron chi connectivity index (χ1n) is 8.16. The number of nitrogens with one attached hydrogen (secondary N) is 1. The van der Waals surface area contributed by atoms with E-state index in [1.54, 1.807) is 0 Å². The van der Waals surface area contributed by atoms with Crippen molar-refractivity contribution in [2.45, 2.75) is 57.9 Å². The summed E-state index contributed by atoms with van der Waals surface area (Å²) < 4.78 is 0. The smallest absolute Gasteiger partial charge is 0.220 e. The highest BCUT2D eigenvalue weighted by atomic mass is 16.1. The van der Waals surface area contributed by atoms with E-state index < -0.39 is 0 Å². The molecule has 0 radical (unpaired) electrons. The molecule has 0 aromatic heterocycles. The summed E-state index contributed by atoms with van der Waals surface area (Å²) in [6.07, 6.45) is 7.61. The normalized spacial score (nSPS) is 19.0. The summed E-state index contributed by atoms with van der Waals surface area (Å²) in [7, 11) is 0. The SMILES string of the molecule is CC1(CNC(=O)CCC(N)c2ccccc2)CCCCC1. The van der Waals surface area contributed by atoms with Gasteiger partial charge in [-0.25, -0.2) is 0 Å². The molecule has 21 heavy (non-hydrogen) atoms. The van der Waals surface area contributed by atoms with Gasteiger partial charge in [0.15, 0.2) is 0 Å². The number of nitrogens with two attached hydrogens (primary N) is 1. The molecule has 3 nitrogen and oxygen atoms in total. The van der Waals surface area contributed by atoms with Gasteiger partial charge >= 0.3 is 0 Å². The number of hydrogen-bond donors (Lipinski definition) is 2. The Morgan fingerprint density at radius 3 is 2.57 bits per heavy atom. The van der Waals surface area contributed by atoms with Gasteiger partial charge in [0, 0.05) is 19.0 Å². The summed E-state index contributed by atoms with van der Waals surface area (Å²) in [5.74, 6) is 0.133. The minimum Gasteiger partial charge on any atom is -0.356 e. The Morgan fingerprint density at radius 2 is 1.90 bits per heavy atom. The second kappa shape index (κ2) is 7.60. The van der Waals surface area contributed by atoms with Gasteiger partial charge in [-0.15, -0.1) is 0 Å². The average Bonchev–Trinajstić information content (AvgIpc) is 2.52. The van der Waals surface area contributed by atoms with Crippen LogP contribution in [-0.2, 0) is 4.79 Å². The van der Waals surface area contributed by atoms with Crippen LogP contribution in [0.2, 0.25) is 0 Å². The molecule has 1 aliphatic rings. The Bertz CT molecular complexity index is 438. The molecule has 1 saturated carbocycles. The van der Waals surface area contributed by atoms with Gasteiger partial charge in [0.05, 0.1) is 0 Å². The molecule has 3 heteroatoms. The van der Waals surface area contributed by atoms with E-state index in [-0.39, 0.29) is 11.9 Å². The van der Waals surface area contributed by atoms with Crippen molar-refractivity contribution >= 4 is 5.91 Å². The lowest BCUT2D eigenvalue weighted by Crippen LogP contribution is -2.37. The Balaban J connectivity index is 1.70. The molecule has 1 aromatic carbocycles. The molecule has 1 aromatic rings. The monoisotopic (exact) mass is 288 g/mol. The lowest BCUT2D eigenvalue weighted by atomic mass is 9.76. The van der Waals surface area contributed by atoms with Crippen LogP contribution in [0, 0.1) is 5.41 Å². The zero-order valence-electron chi connectivity index (χ0n) is 13.1. The van der Waals surface area contributed by atoms with E-state index in [2.05, 4.69) is 12.2 Å². The highest BCUT2D eigenvalue weighted by Crippen LogP contribution is 2.34. The Hall–Kier alpha value is -1.35. The van der Waals surface area contributed by atoms with Gasteiger partial charge in [-0.2, -0.15) is 0 Å². The maximum atomic E-state index is 12.0. The number of amides is 1. The molecule has 0 heterocycles. The van der Waals surface area contributed by atoms with Gasteiger partial charge in [0.1, 0.15) is 0 Å². The van der Waals surface area contributed by atoms with E-state index in [4.69, 9.17) is 5.73 Å². The number of hydrogen-bond acceptors (Lipinski definition) is 2. The molecule has 1 atom stereocenters. The Kier molecular flexibility index (Phi) is 5.80. The Morgan fingerprint density at radius 1 is 1.24 bits per heavy atom. The lowest BCUT2D eigenvalue weighted by molar-refractivity contribution is -0.121. The highest BCUT2D eigenvalue weighted by Gasteiger charge is 2.27. The number of carbonyl (C=O) groups excluding carboxylic acids is 1. The molecule has 3 N–H and O–H groups in total. The summed E-state index contributed by atoms with van der Waals surface area (Å²) >= 11 is 0. The molecule has 0 aliphatic heterocycles. The Labute approximate surface area is 128 Å². The van der Waals surface area contributed by atoms with Crippen LogP contribution in [0.15, 0.2) is 30.3 Å². The van der Waals surface area contributed by atoms with Crippen LogP contribution in [0.5, 0.6) is 0 Å². The average molecular weight is 288 g/mol. The van der Waals surface area contributed by atoms with Crippen LogP contribution < -0.4 is 11.1 Å². The first-order chi connectivity index (χ1) is 10.1. The van der Waals surface area contributed by atoms with Crippen molar-refractivity contribution in [3.05, 3.63) is 35.9 Å². The van der Waals surface area contributed by atoms with Crippen LogP contribution >= 0.6 is 0 Å². The van der Waals surface area contributed by atoms with Gasteiger partial charge in [-0.05, 0) is 30.2 Å². The predicted molar refractivity (Wildman–Crippen MR) is 86.8 cm³/mol. The molecule has 0 spiro atoms. The first kappa shape index (κ1) is 16.0. The molecule has 1 unspecified atom stereocenters. The van der Waals surface area contributed by atoms with Crippen molar-refractivity contribution in [1.82, 2.24) is 5.32 Å². The van der Waals surface area contributed by atoms with Crippen molar-refractivity contribution in [3.8, 4) is 0 Å². The standard InChI is InChI=1S/C18H28N2O/c1-18(12-6-3-7-13-18)14-20-17(21)11-10-16(19)15-8-4-2-5-9-15/h2,4-5,8-9,16H,3,6-7,10-14,19H2,1H3,(H,20,21). The summed E-state index contributed by atoms with van der Waals surface area (Å²) in [5.41, 5.74) is 7.53. The topological polar surface area (TPSA) is 55.1 Å². The highest BCUT2D eigenvalue weighted by molar-refractivity contribution is 5.75. The molecule has 1 fully saturated rings. The third-order valence-electron chi connectivity index (χ3n) is 4.68. The van der Waals surface area contributed by atoms with E-state index in [0.29, 0.717) is 18.3 Å². The lowest BCUT2D eigenvalue weighted by Gasteiger charge is -2.33. The van der Waals surface area contributed by atoms with E-state index >= 15 is 0 Å². The summed E-state index contributed by atoms with van der Waals surface area (Å²) in [4.78, 5) is 12.0. The van der Waals surface area contributed by atoms with E-state index in [0.717, 1.165) is 12.1 Å². The summed E-state index contributed by atoms with van der Waals surface area (Å²) in [5, 5.41) is 3.11. The third-order valence-corrected chi connectivity index (χ3v) is 4.68. The van der Waals surface area contributed by atoms with Gasteiger partial charge in [-0.3, -0.25) is 4.79 Å². The molecule has 1 amide bonds. The molecule has 0 bridgehead atoms. The molecule has 2 rings (SSSR count). The van der Waals surface area contributed by atoms with Crippen molar-refractivity contribution in [2.75, 3.05) is 6.54 Å². The van der Waals surface area contributed by atoms with Crippen molar-refractivity contribution in [2.24, 2.45) is 11.1 Å². The molecule has 116 valence electrons. The van der Waals surface area contributed by atoms with Crippen LogP contribution in [-0.4, -0.2) is 12.5 Å². The third kappa shape index (κ3) is 5.16. The first-order valence-corrected chi connectivity index (χ1v) is 8.16. The van der Waals surface area contributed by atoms with Crippen LogP contribution in [0.3, 0.4) is 0 Å². The predicted octanol–water partition coefficient (Wildman–Crippen LogP) is 3.55. The van der Waals surface area contributed by atoms with Crippen LogP contribution in [0.4, 0.5) is 0 Å². The largest absolute Gasteiger partial charge is 0.356 e. The summed E-state index contributed by atoms with van der Waals surface area (Å²) in [6.45, 7) is 3.11. The van der Waals surface area contributed by atoms with Gasteiger partial charge in [-0.1, -0.05) is 56.5 Å². The zero-order valence-corrected chi connectivity index (χ0v) is 13.1. The fourth-order valence-electron chi connectivity index (χ4n) is 3.14. The molecular formula is C18H28N2O. The zero-order chi connectivity index (χ0) is 15.1. The number of benzene rings is 1. The van der Waals surface area contributed by atoms with Crippen molar-refractivity contribution in [3.63, 3.8) is 0 Å². The number of carbonyl (C=O) groups is 1. The van der Waals surface area contributed by atoms with E-state index in [1.807, 2.05) is 30.3 Å². The maximum Gasteiger partial charge on any atom is 0.220 e. The molecular weight excluding hydrogens is 260 g/mol. The van der Waals surface area contributed by atoms with Gasteiger partial charge < -0.3 is 11.1 Å². The number of rotatable bonds is 6. The van der Waals surface area contributed by atoms with Gasteiger partial charge in [0.2, 0.25) is 5.91 Å². The van der Waals surface area contributed by atoms with E-state index in [9.17, 15) is 4.79 Å². The van der Waals surface area contributed by atoms with Crippen LogP contribution in [0.25, 0.3) is 0 Å². The van der Waals surface area contributed by atoms with Crippen LogP contribution in [0.1, 0.15) is 63.5 Å². The second-order valence-electron chi connectivity index (χ2n) is 6.70. The summed E-state index contributed by atoms with van der Waals surface area (Å²) in [6, 6.07) is 9.94. The quantitative estimate of drug-likeness (QED) is 0.841.